The van der Waals surface area contributed by atoms with Gasteiger partial charge in [0.15, 0.2) is 0 Å². The fourth-order valence-electron chi connectivity index (χ4n) is 2.52. The average molecular weight is 242 g/mol. The third-order valence-corrected chi connectivity index (χ3v) is 3.83. The highest BCUT2D eigenvalue weighted by molar-refractivity contribution is 4.84. The van der Waals surface area contributed by atoms with E-state index in [-0.39, 0.29) is 0 Å². The molecule has 1 heterocycles. The topological polar surface area (TPSA) is 24.5 Å². The zero-order valence-electron chi connectivity index (χ0n) is 12.3. The van der Waals surface area contributed by atoms with Gasteiger partial charge in [-0.05, 0) is 31.2 Å². The van der Waals surface area contributed by atoms with Crippen molar-refractivity contribution in [2.75, 3.05) is 39.9 Å². The first-order valence-corrected chi connectivity index (χ1v) is 6.88. The third kappa shape index (κ3) is 5.36. The zero-order valence-corrected chi connectivity index (χ0v) is 12.3. The van der Waals surface area contributed by atoms with Gasteiger partial charge in [0.05, 0.1) is 6.61 Å². The lowest BCUT2D eigenvalue weighted by Gasteiger charge is -2.27. The maximum absolute atomic E-state index is 5.11. The Morgan fingerprint density at radius 1 is 1.41 bits per heavy atom. The second kappa shape index (κ2) is 6.72. The average Bonchev–Trinajstić information content (AvgIpc) is 2.66. The van der Waals surface area contributed by atoms with Crippen LogP contribution in [0.5, 0.6) is 0 Å². The van der Waals surface area contributed by atoms with Gasteiger partial charge in [-0.3, -0.25) is 0 Å². The molecule has 3 heteroatoms. The minimum Gasteiger partial charge on any atom is -0.383 e. The molecule has 0 bridgehead atoms. The van der Waals surface area contributed by atoms with Gasteiger partial charge < -0.3 is 15.0 Å². The Balaban J connectivity index is 2.14. The minimum absolute atomic E-state index is 0.459. The maximum atomic E-state index is 5.11. The van der Waals surface area contributed by atoms with Crippen molar-refractivity contribution in [1.82, 2.24) is 10.2 Å². The molecule has 1 fully saturated rings. The first-order valence-electron chi connectivity index (χ1n) is 6.88. The fourth-order valence-corrected chi connectivity index (χ4v) is 2.52. The van der Waals surface area contributed by atoms with E-state index >= 15 is 0 Å². The van der Waals surface area contributed by atoms with Crippen LogP contribution in [0.4, 0.5) is 0 Å². The number of ether oxygens (including phenoxy) is 1. The van der Waals surface area contributed by atoms with Crippen molar-refractivity contribution in [2.24, 2.45) is 11.3 Å². The fraction of sp³-hybridized carbons (Fsp3) is 1.00. The second-order valence-electron chi connectivity index (χ2n) is 6.46. The molecule has 1 rings (SSSR count). The van der Waals surface area contributed by atoms with Gasteiger partial charge in [-0.15, -0.1) is 0 Å². The van der Waals surface area contributed by atoms with Gasteiger partial charge in [0.1, 0.15) is 0 Å². The largest absolute Gasteiger partial charge is 0.383 e. The molecule has 3 nitrogen and oxygen atoms in total. The summed E-state index contributed by atoms with van der Waals surface area (Å²) in [6, 6.07) is 0.459. The molecule has 1 saturated heterocycles. The molecule has 1 aliphatic rings. The Labute approximate surface area is 107 Å². The molecule has 17 heavy (non-hydrogen) atoms. The van der Waals surface area contributed by atoms with Crippen LogP contribution in [0.25, 0.3) is 0 Å². The normalized spacial score (nSPS) is 24.2. The van der Waals surface area contributed by atoms with E-state index < -0.39 is 0 Å². The predicted octanol–water partition coefficient (Wildman–Crippen LogP) is 1.98. The third-order valence-electron chi connectivity index (χ3n) is 3.83. The molecule has 0 amide bonds. The first-order chi connectivity index (χ1) is 7.93. The molecule has 0 aromatic rings. The van der Waals surface area contributed by atoms with Gasteiger partial charge in [-0.2, -0.15) is 0 Å². The van der Waals surface area contributed by atoms with Gasteiger partial charge in [0, 0.05) is 32.8 Å². The van der Waals surface area contributed by atoms with Gasteiger partial charge in [-0.1, -0.05) is 20.8 Å². The number of methoxy groups -OCH3 is 1. The van der Waals surface area contributed by atoms with Crippen molar-refractivity contribution in [3.63, 3.8) is 0 Å². The number of hydrogen-bond donors (Lipinski definition) is 1. The molecule has 2 atom stereocenters. The van der Waals surface area contributed by atoms with Gasteiger partial charge in [0.2, 0.25) is 0 Å². The van der Waals surface area contributed by atoms with Crippen LogP contribution in [0.2, 0.25) is 0 Å². The molecule has 0 aromatic heterocycles. The van der Waals surface area contributed by atoms with Gasteiger partial charge in [-0.25, -0.2) is 0 Å². The molecule has 102 valence electrons. The Hall–Kier alpha value is -0.120. The standard InChI is InChI=1S/C14H30N2O/c1-12(11-17-5)15-7-9-16-8-6-13(10-16)14(2,3)4/h12-13,15H,6-11H2,1-5H3. The summed E-state index contributed by atoms with van der Waals surface area (Å²) < 4.78 is 5.11. The summed E-state index contributed by atoms with van der Waals surface area (Å²) in [6.07, 6.45) is 1.36. The number of rotatable bonds is 6. The highest BCUT2D eigenvalue weighted by Gasteiger charge is 2.31. The molecule has 0 radical (unpaired) electrons. The molecule has 0 aliphatic carbocycles. The second-order valence-corrected chi connectivity index (χ2v) is 6.46. The summed E-state index contributed by atoms with van der Waals surface area (Å²) in [5.74, 6) is 0.860. The number of hydrogen-bond acceptors (Lipinski definition) is 3. The van der Waals surface area contributed by atoms with Crippen LogP contribution >= 0.6 is 0 Å². The highest BCUT2D eigenvalue weighted by atomic mass is 16.5. The summed E-state index contributed by atoms with van der Waals surface area (Å²) in [5, 5.41) is 3.50. The van der Waals surface area contributed by atoms with Crippen LogP contribution in [-0.2, 0) is 4.74 Å². The van der Waals surface area contributed by atoms with Crippen LogP contribution in [0, 0.1) is 11.3 Å². The van der Waals surface area contributed by atoms with Crippen molar-refractivity contribution < 1.29 is 4.74 Å². The van der Waals surface area contributed by atoms with E-state index in [1.165, 1.54) is 26.1 Å². The van der Waals surface area contributed by atoms with Crippen LogP contribution in [0.3, 0.4) is 0 Å². The molecular weight excluding hydrogens is 212 g/mol. The Kier molecular flexibility index (Phi) is 5.90. The molecular formula is C14H30N2O. The van der Waals surface area contributed by atoms with E-state index in [9.17, 15) is 0 Å². The SMILES string of the molecule is COCC(C)NCCN1CCC(C(C)(C)C)C1. The number of likely N-dealkylation sites (tertiary alicyclic amines) is 1. The van der Waals surface area contributed by atoms with Gasteiger partial charge >= 0.3 is 0 Å². The molecule has 2 unspecified atom stereocenters. The molecule has 0 spiro atoms. The monoisotopic (exact) mass is 242 g/mol. The summed E-state index contributed by atoms with van der Waals surface area (Å²) in [5.41, 5.74) is 0.464. The lowest BCUT2D eigenvalue weighted by molar-refractivity contribution is 0.169. The maximum Gasteiger partial charge on any atom is 0.0613 e. The van der Waals surface area contributed by atoms with Crippen molar-refractivity contribution in [3.05, 3.63) is 0 Å². The number of nitrogens with zero attached hydrogens (tertiary/aromatic N) is 1. The highest BCUT2D eigenvalue weighted by Crippen LogP contribution is 2.33. The van der Waals surface area contributed by atoms with E-state index in [1.54, 1.807) is 7.11 Å². The van der Waals surface area contributed by atoms with E-state index in [0.29, 0.717) is 11.5 Å². The summed E-state index contributed by atoms with van der Waals surface area (Å²) in [6.45, 7) is 14.8. The predicted molar refractivity (Wildman–Crippen MR) is 73.3 cm³/mol. The quantitative estimate of drug-likeness (QED) is 0.771. The van der Waals surface area contributed by atoms with Crippen molar-refractivity contribution in [3.8, 4) is 0 Å². The number of nitrogens with one attached hydrogen (secondary N) is 1. The lowest BCUT2D eigenvalue weighted by atomic mass is 9.80. The van der Waals surface area contributed by atoms with E-state index in [0.717, 1.165) is 19.1 Å². The smallest absolute Gasteiger partial charge is 0.0613 e. The van der Waals surface area contributed by atoms with E-state index in [1.807, 2.05) is 0 Å². The Morgan fingerprint density at radius 3 is 2.65 bits per heavy atom. The van der Waals surface area contributed by atoms with E-state index in [4.69, 9.17) is 4.74 Å². The summed E-state index contributed by atoms with van der Waals surface area (Å²) in [7, 11) is 1.76. The molecule has 0 aromatic carbocycles. The van der Waals surface area contributed by atoms with Gasteiger partial charge in [0.25, 0.3) is 0 Å². The van der Waals surface area contributed by atoms with Crippen molar-refractivity contribution >= 4 is 0 Å². The van der Waals surface area contributed by atoms with Crippen molar-refractivity contribution in [2.45, 2.75) is 40.2 Å². The van der Waals surface area contributed by atoms with Crippen LogP contribution < -0.4 is 5.32 Å². The van der Waals surface area contributed by atoms with Crippen LogP contribution in [0.1, 0.15) is 34.1 Å². The molecule has 0 saturated carbocycles. The summed E-state index contributed by atoms with van der Waals surface area (Å²) >= 11 is 0. The first kappa shape index (κ1) is 14.9. The Morgan fingerprint density at radius 2 is 2.12 bits per heavy atom. The minimum atomic E-state index is 0.459. The van der Waals surface area contributed by atoms with Crippen molar-refractivity contribution in [1.29, 1.82) is 0 Å². The molecule has 1 N–H and O–H groups in total. The Bertz CT molecular complexity index is 213. The van der Waals surface area contributed by atoms with Crippen LogP contribution in [0.15, 0.2) is 0 Å². The lowest BCUT2D eigenvalue weighted by Crippen LogP contribution is -2.37. The van der Waals surface area contributed by atoms with Crippen LogP contribution in [-0.4, -0.2) is 50.8 Å². The zero-order chi connectivity index (χ0) is 12.9. The summed E-state index contributed by atoms with van der Waals surface area (Å²) in [4.78, 5) is 2.59. The van der Waals surface area contributed by atoms with E-state index in [2.05, 4.69) is 37.9 Å². The molecule has 1 aliphatic heterocycles.